The monoisotopic (exact) mass is 489 g/mol. The third kappa shape index (κ3) is 5.42. The van der Waals surface area contributed by atoms with Crippen molar-refractivity contribution in [3.8, 4) is 11.4 Å². The van der Waals surface area contributed by atoms with Crippen LogP contribution in [0.15, 0.2) is 40.9 Å². The number of likely N-dealkylation sites (tertiary alicyclic amines) is 1. The van der Waals surface area contributed by atoms with Gasteiger partial charge in [-0.05, 0) is 49.6 Å². The molecule has 0 atom stereocenters. The van der Waals surface area contributed by atoms with Gasteiger partial charge < -0.3 is 9.42 Å². The molecule has 0 saturated carbocycles. The summed E-state index contributed by atoms with van der Waals surface area (Å²) in [5.74, 6) is 0.111. The molecule has 2 heterocycles. The van der Waals surface area contributed by atoms with Crippen molar-refractivity contribution < 1.29 is 18.5 Å². The number of carbonyl (C=O) groups excluding carboxylic acids is 2. The van der Waals surface area contributed by atoms with E-state index in [1.54, 1.807) is 42.2 Å². The number of hydrogen-bond donors (Lipinski definition) is 0. The Balaban J connectivity index is 1.28. The van der Waals surface area contributed by atoms with E-state index in [-0.39, 0.29) is 35.7 Å². The molecule has 1 amide bonds. The number of aromatic nitrogens is 2. The molecule has 0 N–H and O–H groups in total. The number of ketones is 1. The summed E-state index contributed by atoms with van der Waals surface area (Å²) in [5.41, 5.74) is 1.60. The highest BCUT2D eigenvalue weighted by atomic mass is 35.5. The van der Waals surface area contributed by atoms with Crippen LogP contribution in [0.5, 0.6) is 0 Å². The zero-order chi connectivity index (χ0) is 23.5. The van der Waals surface area contributed by atoms with Crippen molar-refractivity contribution in [1.82, 2.24) is 15.0 Å². The molecule has 172 valence electrons. The molecule has 0 radical (unpaired) electrons. The van der Waals surface area contributed by atoms with Crippen molar-refractivity contribution in [3.05, 3.63) is 69.3 Å². The van der Waals surface area contributed by atoms with E-state index in [9.17, 15) is 14.0 Å². The van der Waals surface area contributed by atoms with E-state index in [1.807, 2.05) is 0 Å². The Morgan fingerprint density at radius 2 is 1.88 bits per heavy atom. The standard InChI is InChI=1S/C24H22Cl2FN3O3/c1-14-2-3-17(13-20(14)27)24-28-21(33-29-24)6-7-22(31)30-10-8-15(9-11-30)23(32)16-4-5-18(25)19(26)12-16/h2-5,12-13,15H,6-11H2,1H3. The normalized spacial score (nSPS) is 14.5. The Morgan fingerprint density at radius 1 is 1.12 bits per heavy atom. The van der Waals surface area contributed by atoms with Crippen LogP contribution in [0.2, 0.25) is 10.0 Å². The highest BCUT2D eigenvalue weighted by Crippen LogP contribution is 2.27. The van der Waals surface area contributed by atoms with Crippen LogP contribution < -0.4 is 0 Å². The number of benzene rings is 2. The molecule has 1 aromatic heterocycles. The largest absolute Gasteiger partial charge is 0.343 e. The van der Waals surface area contributed by atoms with Gasteiger partial charge in [0.2, 0.25) is 17.6 Å². The van der Waals surface area contributed by atoms with E-state index in [0.29, 0.717) is 65.0 Å². The summed E-state index contributed by atoms with van der Waals surface area (Å²) in [4.78, 5) is 31.4. The van der Waals surface area contributed by atoms with Crippen LogP contribution in [0.1, 0.15) is 41.1 Å². The van der Waals surface area contributed by atoms with Gasteiger partial charge in [0.15, 0.2) is 5.78 Å². The minimum Gasteiger partial charge on any atom is -0.343 e. The Morgan fingerprint density at radius 3 is 2.58 bits per heavy atom. The highest BCUT2D eigenvalue weighted by molar-refractivity contribution is 6.42. The predicted molar refractivity (Wildman–Crippen MR) is 123 cm³/mol. The summed E-state index contributed by atoms with van der Waals surface area (Å²) in [6.07, 6.45) is 1.70. The number of nitrogens with zero attached hydrogens (tertiary/aromatic N) is 3. The first kappa shape index (κ1) is 23.4. The van der Waals surface area contributed by atoms with Crippen LogP contribution in [0, 0.1) is 18.7 Å². The second-order valence-corrected chi connectivity index (χ2v) is 8.94. The average Bonchev–Trinajstić information content (AvgIpc) is 3.30. The summed E-state index contributed by atoms with van der Waals surface area (Å²) < 4.78 is 19.0. The first-order chi connectivity index (χ1) is 15.8. The fraction of sp³-hybridized carbons (Fsp3) is 0.333. The molecule has 1 saturated heterocycles. The van der Waals surface area contributed by atoms with Gasteiger partial charge >= 0.3 is 0 Å². The van der Waals surface area contributed by atoms with Gasteiger partial charge in [0.25, 0.3) is 0 Å². The SMILES string of the molecule is Cc1ccc(-c2noc(CCC(=O)N3CCC(C(=O)c4ccc(Cl)c(Cl)c4)CC3)n2)cc1F. The molecule has 1 aliphatic heterocycles. The average molecular weight is 490 g/mol. The Bertz CT molecular complexity index is 1190. The van der Waals surface area contributed by atoms with E-state index in [0.717, 1.165) is 0 Å². The smallest absolute Gasteiger partial charge is 0.227 e. The van der Waals surface area contributed by atoms with Crippen molar-refractivity contribution >= 4 is 34.9 Å². The second-order valence-electron chi connectivity index (χ2n) is 8.12. The van der Waals surface area contributed by atoms with Crippen molar-refractivity contribution in [1.29, 1.82) is 0 Å². The second kappa shape index (κ2) is 10.0. The van der Waals surface area contributed by atoms with Gasteiger partial charge in [-0.1, -0.05) is 40.5 Å². The van der Waals surface area contributed by atoms with E-state index >= 15 is 0 Å². The molecule has 0 aliphatic carbocycles. The lowest BCUT2D eigenvalue weighted by Crippen LogP contribution is -2.40. The Labute approximate surface area is 200 Å². The molecule has 1 fully saturated rings. The molecule has 9 heteroatoms. The van der Waals surface area contributed by atoms with Gasteiger partial charge in [-0.3, -0.25) is 9.59 Å². The fourth-order valence-electron chi connectivity index (χ4n) is 3.85. The van der Waals surface area contributed by atoms with Gasteiger partial charge in [-0.2, -0.15) is 4.98 Å². The first-order valence-electron chi connectivity index (χ1n) is 10.7. The maximum Gasteiger partial charge on any atom is 0.227 e. The molecular formula is C24H22Cl2FN3O3. The van der Waals surface area contributed by atoms with Gasteiger partial charge in [0, 0.05) is 43.0 Å². The number of piperidine rings is 1. The van der Waals surface area contributed by atoms with Gasteiger partial charge in [0.1, 0.15) is 5.82 Å². The maximum atomic E-state index is 13.8. The lowest BCUT2D eigenvalue weighted by atomic mass is 9.89. The van der Waals surface area contributed by atoms with Crippen LogP contribution in [0.25, 0.3) is 11.4 Å². The molecule has 4 rings (SSSR count). The summed E-state index contributed by atoms with van der Waals surface area (Å²) in [6.45, 7) is 2.70. The van der Waals surface area contributed by atoms with Crippen LogP contribution in [-0.4, -0.2) is 39.8 Å². The summed E-state index contributed by atoms with van der Waals surface area (Å²) in [6, 6.07) is 9.62. The van der Waals surface area contributed by atoms with Crippen LogP contribution >= 0.6 is 23.2 Å². The molecule has 0 spiro atoms. The molecule has 0 unspecified atom stereocenters. The van der Waals surface area contributed by atoms with Crippen molar-refractivity contribution in [2.45, 2.75) is 32.6 Å². The third-order valence-corrected chi connectivity index (χ3v) is 6.61. The highest BCUT2D eigenvalue weighted by Gasteiger charge is 2.28. The molecule has 2 aromatic carbocycles. The fourth-order valence-corrected chi connectivity index (χ4v) is 4.15. The van der Waals surface area contributed by atoms with Gasteiger partial charge in [-0.25, -0.2) is 4.39 Å². The van der Waals surface area contributed by atoms with Crippen molar-refractivity contribution in [2.75, 3.05) is 13.1 Å². The lowest BCUT2D eigenvalue weighted by molar-refractivity contribution is -0.132. The lowest BCUT2D eigenvalue weighted by Gasteiger charge is -2.31. The summed E-state index contributed by atoms with van der Waals surface area (Å²) in [7, 11) is 0. The topological polar surface area (TPSA) is 76.3 Å². The number of rotatable bonds is 6. The van der Waals surface area contributed by atoms with E-state index in [1.165, 1.54) is 6.07 Å². The first-order valence-corrected chi connectivity index (χ1v) is 11.4. The maximum absolute atomic E-state index is 13.8. The molecule has 6 nitrogen and oxygen atoms in total. The van der Waals surface area contributed by atoms with E-state index in [4.69, 9.17) is 27.7 Å². The quantitative estimate of drug-likeness (QED) is 0.424. The van der Waals surface area contributed by atoms with Crippen LogP contribution in [-0.2, 0) is 11.2 Å². The molecule has 1 aliphatic rings. The number of Topliss-reactive ketones (excluding diaryl/α,β-unsaturated/α-hetero) is 1. The number of hydrogen-bond acceptors (Lipinski definition) is 5. The zero-order valence-corrected chi connectivity index (χ0v) is 19.5. The van der Waals surface area contributed by atoms with Crippen molar-refractivity contribution in [3.63, 3.8) is 0 Å². The van der Waals surface area contributed by atoms with Gasteiger partial charge in [-0.15, -0.1) is 0 Å². The summed E-state index contributed by atoms with van der Waals surface area (Å²) >= 11 is 12.0. The van der Waals surface area contributed by atoms with E-state index < -0.39 is 0 Å². The summed E-state index contributed by atoms with van der Waals surface area (Å²) in [5, 5.41) is 4.65. The molecular weight excluding hydrogens is 468 g/mol. The zero-order valence-electron chi connectivity index (χ0n) is 18.0. The molecule has 0 bridgehead atoms. The molecule has 3 aromatic rings. The number of aryl methyl sites for hydroxylation is 2. The minimum atomic E-state index is -0.338. The van der Waals surface area contributed by atoms with Crippen LogP contribution in [0.3, 0.4) is 0 Å². The number of carbonyl (C=O) groups is 2. The number of halogens is 3. The third-order valence-electron chi connectivity index (χ3n) is 5.87. The van der Waals surface area contributed by atoms with E-state index in [2.05, 4.69) is 10.1 Å². The number of amides is 1. The van der Waals surface area contributed by atoms with Gasteiger partial charge in [0.05, 0.1) is 10.0 Å². The minimum absolute atomic E-state index is 0.0200. The van der Waals surface area contributed by atoms with Crippen molar-refractivity contribution in [2.24, 2.45) is 5.92 Å². The molecule has 33 heavy (non-hydrogen) atoms. The van der Waals surface area contributed by atoms with Crippen LogP contribution in [0.4, 0.5) is 4.39 Å². The predicted octanol–water partition coefficient (Wildman–Crippen LogP) is 5.55. The Hall–Kier alpha value is -2.77. The Kier molecular flexibility index (Phi) is 7.10.